The number of rotatable bonds is 6. The van der Waals surface area contributed by atoms with Gasteiger partial charge in [-0.3, -0.25) is 14.7 Å². The molecule has 3 rings (SSSR count). The minimum absolute atomic E-state index is 0.0742. The summed E-state index contributed by atoms with van der Waals surface area (Å²) in [6.45, 7) is 0.598. The molecule has 0 spiro atoms. The van der Waals surface area contributed by atoms with Gasteiger partial charge in [-0.05, 0) is 17.0 Å². The Morgan fingerprint density at radius 1 is 1.15 bits per heavy atom. The van der Waals surface area contributed by atoms with Crippen LogP contribution in [0, 0.1) is 0 Å². The van der Waals surface area contributed by atoms with E-state index in [0.717, 1.165) is 16.3 Å². The van der Waals surface area contributed by atoms with Crippen molar-refractivity contribution >= 4 is 35.0 Å². The largest absolute Gasteiger partial charge is 0.341 e. The molecule has 2 N–H and O–H groups in total. The molecule has 0 fully saturated rings. The highest BCUT2D eigenvalue weighted by Crippen LogP contribution is 2.28. The minimum atomic E-state index is -0.527. The van der Waals surface area contributed by atoms with Gasteiger partial charge in [0.1, 0.15) is 0 Å². The second-order valence-electron chi connectivity index (χ2n) is 5.27. The monoisotopic (exact) mass is 387 g/mol. The lowest BCUT2D eigenvalue weighted by Gasteiger charge is -2.09. The van der Waals surface area contributed by atoms with E-state index in [4.69, 9.17) is 0 Å². The lowest BCUT2D eigenvalue weighted by atomic mass is 10.2. The van der Waals surface area contributed by atoms with Gasteiger partial charge in [-0.1, -0.05) is 48.2 Å². The van der Waals surface area contributed by atoms with Gasteiger partial charge in [-0.15, -0.1) is 21.5 Å². The summed E-state index contributed by atoms with van der Waals surface area (Å²) >= 11 is 2.83. The van der Waals surface area contributed by atoms with E-state index in [1.165, 1.54) is 18.8 Å². The molecule has 0 unspecified atom stereocenters. The molecule has 2 heterocycles. The van der Waals surface area contributed by atoms with Crippen molar-refractivity contribution < 1.29 is 9.59 Å². The fourth-order valence-electron chi connectivity index (χ4n) is 2.25. The first kappa shape index (κ1) is 18.2. The molecule has 7 nitrogen and oxygen atoms in total. The normalized spacial score (nSPS) is 10.5. The molecule has 3 amide bonds. The molecule has 0 aliphatic rings. The Morgan fingerprint density at radius 3 is 2.65 bits per heavy atom. The highest BCUT2D eigenvalue weighted by Gasteiger charge is 2.17. The van der Waals surface area contributed by atoms with E-state index in [2.05, 4.69) is 20.8 Å². The lowest BCUT2D eigenvalue weighted by molar-refractivity contribution is -0.117. The molecule has 0 aliphatic heterocycles. The zero-order valence-electron chi connectivity index (χ0n) is 14.0. The number of carbonyl (C=O) groups is 2. The van der Waals surface area contributed by atoms with E-state index in [0.29, 0.717) is 11.7 Å². The van der Waals surface area contributed by atoms with Crippen LogP contribution in [0.2, 0.25) is 0 Å². The predicted molar refractivity (Wildman–Crippen MR) is 102 cm³/mol. The summed E-state index contributed by atoms with van der Waals surface area (Å²) in [5.41, 5.74) is 1.11. The quantitative estimate of drug-likeness (QED) is 0.635. The van der Waals surface area contributed by atoms with Crippen molar-refractivity contribution in [3.8, 4) is 10.7 Å². The van der Waals surface area contributed by atoms with E-state index in [1.54, 1.807) is 11.3 Å². The number of aromatic nitrogens is 3. The number of benzene rings is 1. The zero-order chi connectivity index (χ0) is 18.4. The third-order valence-electron chi connectivity index (χ3n) is 3.45. The van der Waals surface area contributed by atoms with Gasteiger partial charge in [0.2, 0.25) is 5.91 Å². The Bertz CT molecular complexity index is 878. The van der Waals surface area contributed by atoms with Crippen LogP contribution in [-0.4, -0.2) is 39.5 Å². The van der Waals surface area contributed by atoms with Crippen molar-refractivity contribution in [1.82, 2.24) is 25.4 Å². The van der Waals surface area contributed by atoms with Gasteiger partial charge in [0.25, 0.3) is 0 Å². The third-order valence-corrected chi connectivity index (χ3v) is 5.29. The summed E-state index contributed by atoms with van der Waals surface area (Å²) in [6, 6.07) is 13.4. The molecule has 3 aromatic rings. The minimum Gasteiger partial charge on any atom is -0.341 e. The van der Waals surface area contributed by atoms with Crippen molar-refractivity contribution in [3.63, 3.8) is 0 Å². The zero-order valence-corrected chi connectivity index (χ0v) is 15.6. The fraction of sp³-hybridized carbons (Fsp3) is 0.176. The van der Waals surface area contributed by atoms with Gasteiger partial charge in [0.05, 0.1) is 17.2 Å². The number of thioether (sulfide) groups is 1. The van der Waals surface area contributed by atoms with E-state index in [-0.39, 0.29) is 11.7 Å². The maximum atomic E-state index is 11.8. The van der Waals surface area contributed by atoms with E-state index < -0.39 is 6.03 Å². The molecule has 2 aromatic heterocycles. The maximum absolute atomic E-state index is 11.8. The first-order valence-corrected chi connectivity index (χ1v) is 9.69. The molecule has 9 heteroatoms. The predicted octanol–water partition coefficient (Wildman–Crippen LogP) is 2.60. The molecule has 134 valence electrons. The van der Waals surface area contributed by atoms with E-state index >= 15 is 0 Å². The summed E-state index contributed by atoms with van der Waals surface area (Å²) < 4.78 is 1.99. The lowest BCUT2D eigenvalue weighted by Crippen LogP contribution is -2.38. The van der Waals surface area contributed by atoms with Crippen LogP contribution < -0.4 is 10.6 Å². The Hall–Kier alpha value is -2.65. The molecule has 0 saturated heterocycles. The average molecular weight is 387 g/mol. The van der Waals surface area contributed by atoms with Gasteiger partial charge >= 0.3 is 6.03 Å². The molecule has 0 atom stereocenters. The number of urea groups is 1. The van der Waals surface area contributed by atoms with Crippen LogP contribution in [0.15, 0.2) is 53.0 Å². The standard InChI is InChI=1S/C17H17N5O2S2/c1-18-16(24)19-14(23)11-26-17-21-20-15(13-8-5-9-25-13)22(17)10-12-6-3-2-4-7-12/h2-9H,10-11H2,1H3,(H2,18,19,23,24). The summed E-state index contributed by atoms with van der Waals surface area (Å²) in [5, 5.41) is 15.7. The van der Waals surface area contributed by atoms with E-state index in [1.807, 2.05) is 52.4 Å². The van der Waals surface area contributed by atoms with Crippen molar-refractivity contribution in [2.24, 2.45) is 0 Å². The number of hydrogen-bond donors (Lipinski definition) is 2. The topological polar surface area (TPSA) is 88.9 Å². The highest BCUT2D eigenvalue weighted by molar-refractivity contribution is 7.99. The number of nitrogens with one attached hydrogen (secondary N) is 2. The summed E-state index contributed by atoms with van der Waals surface area (Å²) in [6.07, 6.45) is 0. The Kier molecular flexibility index (Phi) is 6.03. The molecular formula is C17H17N5O2S2. The van der Waals surface area contributed by atoms with Gasteiger partial charge in [-0.2, -0.15) is 0 Å². The third kappa shape index (κ3) is 4.50. The van der Waals surface area contributed by atoms with Crippen molar-refractivity contribution in [2.75, 3.05) is 12.8 Å². The average Bonchev–Trinajstić information content (AvgIpc) is 3.30. The molecule has 26 heavy (non-hydrogen) atoms. The van der Waals surface area contributed by atoms with Crippen LogP contribution in [0.3, 0.4) is 0 Å². The van der Waals surface area contributed by atoms with Gasteiger partial charge in [0.15, 0.2) is 11.0 Å². The first-order chi connectivity index (χ1) is 12.7. The number of nitrogens with zero attached hydrogens (tertiary/aromatic N) is 3. The van der Waals surface area contributed by atoms with Crippen LogP contribution in [0.1, 0.15) is 5.56 Å². The van der Waals surface area contributed by atoms with Crippen molar-refractivity contribution in [1.29, 1.82) is 0 Å². The Balaban J connectivity index is 1.81. The van der Waals surface area contributed by atoms with Gasteiger partial charge < -0.3 is 5.32 Å². The number of amides is 3. The van der Waals surface area contributed by atoms with Crippen LogP contribution in [0.4, 0.5) is 4.79 Å². The number of thiophene rings is 1. The van der Waals surface area contributed by atoms with Gasteiger partial charge in [0, 0.05) is 7.05 Å². The van der Waals surface area contributed by atoms with Gasteiger partial charge in [-0.25, -0.2) is 4.79 Å². The number of hydrogen-bond acceptors (Lipinski definition) is 6. The Labute approximate surface area is 158 Å². The maximum Gasteiger partial charge on any atom is 0.321 e. The summed E-state index contributed by atoms with van der Waals surface area (Å²) in [7, 11) is 1.46. The van der Waals surface area contributed by atoms with Crippen molar-refractivity contribution in [2.45, 2.75) is 11.7 Å². The van der Waals surface area contributed by atoms with Crippen LogP contribution in [-0.2, 0) is 11.3 Å². The number of carbonyl (C=O) groups excluding carboxylic acids is 2. The fourth-order valence-corrected chi connectivity index (χ4v) is 3.70. The smallest absolute Gasteiger partial charge is 0.321 e. The SMILES string of the molecule is CNC(=O)NC(=O)CSc1nnc(-c2cccs2)n1Cc1ccccc1. The second kappa shape index (κ2) is 8.63. The number of imide groups is 1. The summed E-state index contributed by atoms with van der Waals surface area (Å²) in [5.74, 6) is 0.449. The van der Waals surface area contributed by atoms with E-state index in [9.17, 15) is 9.59 Å². The van der Waals surface area contributed by atoms with Crippen LogP contribution in [0.5, 0.6) is 0 Å². The van der Waals surface area contributed by atoms with Crippen LogP contribution in [0.25, 0.3) is 10.7 Å². The first-order valence-electron chi connectivity index (χ1n) is 7.82. The summed E-state index contributed by atoms with van der Waals surface area (Å²) in [4.78, 5) is 24.1. The molecular weight excluding hydrogens is 370 g/mol. The Morgan fingerprint density at radius 2 is 1.96 bits per heavy atom. The highest BCUT2D eigenvalue weighted by atomic mass is 32.2. The molecule has 0 saturated carbocycles. The molecule has 0 bridgehead atoms. The van der Waals surface area contributed by atoms with Crippen molar-refractivity contribution in [3.05, 3.63) is 53.4 Å². The molecule has 1 aromatic carbocycles. The molecule has 0 aliphatic carbocycles. The second-order valence-corrected chi connectivity index (χ2v) is 7.16. The van der Waals surface area contributed by atoms with Crippen LogP contribution >= 0.6 is 23.1 Å². The molecule has 0 radical (unpaired) electrons.